The molecular weight excluding hydrogens is 386 g/mol. The van der Waals surface area contributed by atoms with Gasteiger partial charge in [-0.3, -0.25) is 0 Å². The third-order valence-electron chi connectivity index (χ3n) is 6.84. The molecule has 1 aliphatic rings. The minimum atomic E-state index is -0.0163. The Labute approximate surface area is 189 Å². The van der Waals surface area contributed by atoms with Crippen LogP contribution >= 0.6 is 0 Å². The van der Waals surface area contributed by atoms with E-state index in [1.807, 2.05) is 0 Å². The molecule has 5 aromatic rings. The largest absolute Gasteiger partial charge is 0.310 e. The van der Waals surface area contributed by atoms with E-state index in [2.05, 4.69) is 134 Å². The van der Waals surface area contributed by atoms with Gasteiger partial charge in [-0.2, -0.15) is 0 Å². The molecule has 0 amide bonds. The van der Waals surface area contributed by atoms with Crippen molar-refractivity contribution in [2.75, 3.05) is 4.90 Å². The fourth-order valence-corrected chi connectivity index (χ4v) is 5.32. The highest BCUT2D eigenvalue weighted by Gasteiger charge is 2.36. The third kappa shape index (κ3) is 2.71. The van der Waals surface area contributed by atoms with Gasteiger partial charge in [0, 0.05) is 22.2 Å². The van der Waals surface area contributed by atoms with Gasteiger partial charge < -0.3 is 4.90 Å². The average Bonchev–Trinajstić information content (AvgIpc) is 3.08. The second-order valence-electron chi connectivity index (χ2n) is 9.04. The first-order chi connectivity index (χ1) is 15.7. The molecule has 0 radical (unpaired) electrons. The summed E-state index contributed by atoms with van der Waals surface area (Å²) in [6.45, 7) is 4.69. The van der Waals surface area contributed by atoms with Gasteiger partial charge in [-0.25, -0.2) is 0 Å². The molecule has 1 heteroatoms. The van der Waals surface area contributed by atoms with Crippen molar-refractivity contribution in [3.8, 4) is 11.1 Å². The van der Waals surface area contributed by atoms with Crippen molar-refractivity contribution in [1.82, 2.24) is 0 Å². The van der Waals surface area contributed by atoms with Gasteiger partial charge in [0.2, 0.25) is 0 Å². The zero-order valence-corrected chi connectivity index (χ0v) is 18.4. The maximum Gasteiger partial charge on any atom is 0.0546 e. The summed E-state index contributed by atoms with van der Waals surface area (Å²) in [6, 6.07) is 41.5. The summed E-state index contributed by atoms with van der Waals surface area (Å²) in [5.41, 5.74) is 9.05. The van der Waals surface area contributed by atoms with Gasteiger partial charge in [0.15, 0.2) is 0 Å². The molecule has 0 unspecified atom stereocenters. The van der Waals surface area contributed by atoms with Crippen LogP contribution in [0, 0.1) is 0 Å². The lowest BCUT2D eigenvalue weighted by molar-refractivity contribution is 0.661. The van der Waals surface area contributed by atoms with Gasteiger partial charge in [-0.1, -0.05) is 98.8 Å². The average molecular weight is 412 g/mol. The monoisotopic (exact) mass is 411 g/mol. The van der Waals surface area contributed by atoms with Crippen molar-refractivity contribution in [2.45, 2.75) is 19.3 Å². The van der Waals surface area contributed by atoms with Crippen LogP contribution in [-0.4, -0.2) is 0 Å². The number of para-hydroxylation sites is 2. The third-order valence-corrected chi connectivity index (χ3v) is 6.84. The Bertz CT molecular complexity index is 1390. The Balaban J connectivity index is 1.73. The fraction of sp³-hybridized carbons (Fsp3) is 0.0968. The van der Waals surface area contributed by atoms with Gasteiger partial charge in [0.1, 0.15) is 0 Å². The maximum absolute atomic E-state index is 2.39. The highest BCUT2D eigenvalue weighted by Crippen LogP contribution is 2.53. The molecule has 0 saturated heterocycles. The zero-order valence-electron chi connectivity index (χ0n) is 18.4. The van der Waals surface area contributed by atoms with Gasteiger partial charge >= 0.3 is 0 Å². The first-order valence-corrected chi connectivity index (χ1v) is 11.2. The van der Waals surface area contributed by atoms with Gasteiger partial charge in [0.05, 0.1) is 5.69 Å². The topological polar surface area (TPSA) is 3.24 Å². The number of benzene rings is 5. The molecule has 32 heavy (non-hydrogen) atoms. The highest BCUT2D eigenvalue weighted by molar-refractivity contribution is 6.11. The molecular formula is C31H25N. The summed E-state index contributed by atoms with van der Waals surface area (Å²) in [4.78, 5) is 2.39. The van der Waals surface area contributed by atoms with Crippen LogP contribution in [0.1, 0.15) is 25.0 Å². The lowest BCUT2D eigenvalue weighted by Gasteiger charge is -2.28. The Kier molecular flexibility index (Phi) is 4.19. The Morgan fingerprint density at radius 1 is 0.531 bits per heavy atom. The van der Waals surface area contributed by atoms with Crippen LogP contribution in [0.4, 0.5) is 17.1 Å². The van der Waals surface area contributed by atoms with Crippen molar-refractivity contribution >= 4 is 27.8 Å². The van der Waals surface area contributed by atoms with Crippen molar-refractivity contribution in [3.63, 3.8) is 0 Å². The van der Waals surface area contributed by atoms with E-state index in [0.717, 1.165) is 11.4 Å². The van der Waals surface area contributed by atoms with E-state index in [9.17, 15) is 0 Å². The van der Waals surface area contributed by atoms with Crippen LogP contribution in [0.3, 0.4) is 0 Å². The first kappa shape index (κ1) is 18.9. The molecule has 154 valence electrons. The van der Waals surface area contributed by atoms with Crippen molar-refractivity contribution in [3.05, 3.63) is 126 Å². The summed E-state index contributed by atoms with van der Waals surface area (Å²) < 4.78 is 0. The van der Waals surface area contributed by atoms with E-state index in [1.165, 1.54) is 38.7 Å². The number of hydrogen-bond donors (Lipinski definition) is 0. The predicted octanol–water partition coefficient (Wildman–Crippen LogP) is 8.62. The predicted molar refractivity (Wildman–Crippen MR) is 136 cm³/mol. The zero-order chi connectivity index (χ0) is 21.7. The molecule has 1 nitrogen and oxygen atoms in total. The lowest BCUT2D eigenvalue weighted by atomic mass is 9.82. The quantitative estimate of drug-likeness (QED) is 0.287. The molecule has 0 aliphatic heterocycles. The molecule has 0 saturated carbocycles. The maximum atomic E-state index is 2.39. The molecule has 5 aromatic carbocycles. The standard InChI is InChI=1S/C31H25N/c1-31(2)26-18-10-9-17-25(26)30-27(31)21-20-22-12-11-19-28(29(22)30)32(23-13-5-3-6-14-23)24-15-7-4-8-16-24/h3-21H,1-2H3. The van der Waals surface area contributed by atoms with Gasteiger partial charge in [-0.15, -0.1) is 0 Å². The van der Waals surface area contributed by atoms with E-state index in [1.54, 1.807) is 0 Å². The molecule has 0 atom stereocenters. The van der Waals surface area contributed by atoms with Crippen LogP contribution in [-0.2, 0) is 5.41 Å². The Morgan fingerprint density at radius 2 is 1.16 bits per heavy atom. The fourth-order valence-electron chi connectivity index (χ4n) is 5.32. The molecule has 1 aliphatic carbocycles. The molecule has 0 bridgehead atoms. The Hall–Kier alpha value is -3.84. The van der Waals surface area contributed by atoms with Gasteiger partial charge in [-0.05, 0) is 58.0 Å². The van der Waals surface area contributed by atoms with Crippen molar-refractivity contribution in [1.29, 1.82) is 0 Å². The second-order valence-corrected chi connectivity index (χ2v) is 9.04. The number of nitrogens with zero attached hydrogens (tertiary/aromatic N) is 1. The summed E-state index contributed by atoms with van der Waals surface area (Å²) in [7, 11) is 0. The second kappa shape index (κ2) is 7.10. The summed E-state index contributed by atoms with van der Waals surface area (Å²) in [5.74, 6) is 0. The number of hydrogen-bond acceptors (Lipinski definition) is 1. The summed E-state index contributed by atoms with van der Waals surface area (Å²) >= 11 is 0. The molecule has 6 rings (SSSR count). The molecule has 0 aromatic heterocycles. The number of anilines is 3. The van der Waals surface area contributed by atoms with E-state index < -0.39 is 0 Å². The highest BCUT2D eigenvalue weighted by atomic mass is 15.1. The molecule has 0 fully saturated rings. The van der Waals surface area contributed by atoms with E-state index in [-0.39, 0.29) is 5.41 Å². The lowest BCUT2D eigenvalue weighted by Crippen LogP contribution is -2.15. The smallest absolute Gasteiger partial charge is 0.0546 e. The van der Waals surface area contributed by atoms with Gasteiger partial charge in [0.25, 0.3) is 0 Å². The Morgan fingerprint density at radius 3 is 1.84 bits per heavy atom. The minimum absolute atomic E-state index is 0.0163. The van der Waals surface area contributed by atoms with Crippen LogP contribution in [0.15, 0.2) is 115 Å². The number of rotatable bonds is 3. The molecule has 0 spiro atoms. The van der Waals surface area contributed by atoms with E-state index in [0.29, 0.717) is 0 Å². The number of fused-ring (bicyclic) bond motifs is 5. The van der Waals surface area contributed by atoms with Crippen LogP contribution < -0.4 is 4.90 Å². The summed E-state index contributed by atoms with van der Waals surface area (Å²) in [6.07, 6.45) is 0. The summed E-state index contributed by atoms with van der Waals surface area (Å²) in [5, 5.41) is 2.58. The van der Waals surface area contributed by atoms with Crippen molar-refractivity contribution in [2.24, 2.45) is 0 Å². The van der Waals surface area contributed by atoms with Crippen LogP contribution in [0.2, 0.25) is 0 Å². The minimum Gasteiger partial charge on any atom is -0.310 e. The van der Waals surface area contributed by atoms with Crippen LogP contribution in [0.5, 0.6) is 0 Å². The molecule has 0 N–H and O–H groups in total. The molecule has 0 heterocycles. The van der Waals surface area contributed by atoms with E-state index >= 15 is 0 Å². The van der Waals surface area contributed by atoms with Crippen LogP contribution in [0.25, 0.3) is 21.9 Å². The first-order valence-electron chi connectivity index (χ1n) is 11.2. The normalized spacial score (nSPS) is 13.6. The van der Waals surface area contributed by atoms with Crippen molar-refractivity contribution < 1.29 is 0 Å². The SMILES string of the molecule is CC1(C)c2ccccc2-c2c1ccc1cccc(N(c3ccccc3)c3ccccc3)c21. The van der Waals surface area contributed by atoms with E-state index in [4.69, 9.17) is 0 Å².